The molecule has 1 fully saturated rings. The quantitative estimate of drug-likeness (QED) is 0.460. The van der Waals surface area contributed by atoms with E-state index in [1.807, 2.05) is 18.2 Å². The number of Topliss-reactive ketones (excluding diaryl/α,β-unsaturated/α-hetero) is 1. The Morgan fingerprint density at radius 1 is 0.960 bits per heavy atom. The fourth-order valence-corrected chi connectivity index (χ4v) is 3.03. The van der Waals surface area contributed by atoms with E-state index in [-0.39, 0.29) is 11.5 Å². The third-order valence-electron chi connectivity index (χ3n) is 4.46. The third-order valence-corrected chi connectivity index (χ3v) is 4.46. The average molecular weight is 339 g/mol. The molecule has 2 aromatic carbocycles. The second kappa shape index (κ2) is 8.00. The van der Waals surface area contributed by atoms with Gasteiger partial charge >= 0.3 is 0 Å². The zero-order valence-electron chi connectivity index (χ0n) is 14.0. The molecule has 1 saturated heterocycles. The number of carbonyl (C=O) groups is 1. The molecule has 0 saturated carbocycles. The lowest BCUT2D eigenvalue weighted by atomic mass is 10.1. The fraction of sp³-hybridized carbons (Fsp3) is 0.316. The molecule has 0 amide bonds. The van der Waals surface area contributed by atoms with Gasteiger partial charge < -0.3 is 0 Å². The molecule has 0 aliphatic carbocycles. The summed E-state index contributed by atoms with van der Waals surface area (Å²) in [7, 11) is 0. The van der Waals surface area contributed by atoms with Crippen LogP contribution >= 0.6 is 0 Å². The van der Waals surface area contributed by atoms with Gasteiger partial charge in [-0.15, -0.1) is 0 Å². The molecule has 0 spiro atoms. The largest absolute Gasteiger partial charge is 0.297 e. The highest BCUT2D eigenvalue weighted by atomic mass is 16.6. The van der Waals surface area contributed by atoms with Crippen LogP contribution in [0.5, 0.6) is 0 Å². The number of piperazine rings is 1. The monoisotopic (exact) mass is 339 g/mol. The zero-order chi connectivity index (χ0) is 17.6. The summed E-state index contributed by atoms with van der Waals surface area (Å²) in [6, 6.07) is 16.3. The van der Waals surface area contributed by atoms with Crippen LogP contribution in [-0.4, -0.2) is 53.2 Å². The topological polar surface area (TPSA) is 66.7 Å². The van der Waals surface area contributed by atoms with Crippen LogP contribution < -0.4 is 0 Å². The van der Waals surface area contributed by atoms with Crippen LogP contribution in [0.25, 0.3) is 0 Å². The summed E-state index contributed by atoms with van der Waals surface area (Å²) in [6.45, 7) is 4.71. The molecular weight excluding hydrogens is 318 g/mol. The van der Waals surface area contributed by atoms with E-state index in [9.17, 15) is 14.9 Å². The first kappa shape index (κ1) is 17.3. The van der Waals surface area contributed by atoms with E-state index < -0.39 is 4.92 Å². The second-order valence-corrected chi connectivity index (χ2v) is 6.27. The van der Waals surface area contributed by atoms with E-state index in [0.717, 1.165) is 32.7 Å². The second-order valence-electron chi connectivity index (χ2n) is 6.27. The molecule has 0 N–H and O–H groups in total. The fourth-order valence-electron chi connectivity index (χ4n) is 3.03. The van der Waals surface area contributed by atoms with Gasteiger partial charge in [0.1, 0.15) is 0 Å². The van der Waals surface area contributed by atoms with Gasteiger partial charge in [0.15, 0.2) is 5.78 Å². The summed E-state index contributed by atoms with van der Waals surface area (Å²) in [5.74, 6) is -0.0693. The summed E-state index contributed by atoms with van der Waals surface area (Å²) >= 11 is 0. The van der Waals surface area contributed by atoms with E-state index in [1.165, 1.54) is 17.7 Å². The van der Waals surface area contributed by atoms with Gasteiger partial charge in [-0.1, -0.05) is 42.5 Å². The van der Waals surface area contributed by atoms with Crippen molar-refractivity contribution in [3.63, 3.8) is 0 Å². The van der Waals surface area contributed by atoms with Gasteiger partial charge in [-0.05, 0) is 5.56 Å². The molecule has 1 heterocycles. The number of nitro benzene ring substituents is 1. The van der Waals surface area contributed by atoms with Crippen molar-refractivity contribution < 1.29 is 9.72 Å². The number of hydrogen-bond acceptors (Lipinski definition) is 5. The molecule has 0 atom stereocenters. The third kappa shape index (κ3) is 4.71. The van der Waals surface area contributed by atoms with Crippen molar-refractivity contribution in [3.8, 4) is 0 Å². The lowest BCUT2D eigenvalue weighted by molar-refractivity contribution is -0.384. The van der Waals surface area contributed by atoms with Gasteiger partial charge in [-0.2, -0.15) is 0 Å². The number of nitro groups is 1. The Kier molecular flexibility index (Phi) is 5.53. The van der Waals surface area contributed by atoms with Gasteiger partial charge in [-0.3, -0.25) is 24.7 Å². The molecule has 1 aliphatic rings. The summed E-state index contributed by atoms with van der Waals surface area (Å²) < 4.78 is 0. The highest BCUT2D eigenvalue weighted by Gasteiger charge is 2.20. The van der Waals surface area contributed by atoms with Crippen LogP contribution in [0.1, 0.15) is 15.9 Å². The van der Waals surface area contributed by atoms with E-state index in [0.29, 0.717) is 12.1 Å². The molecule has 0 unspecified atom stereocenters. The normalized spacial score (nSPS) is 15.8. The Labute approximate surface area is 146 Å². The molecule has 2 aromatic rings. The number of ketones is 1. The van der Waals surface area contributed by atoms with Crippen LogP contribution in [0.15, 0.2) is 54.6 Å². The maximum absolute atomic E-state index is 12.4. The summed E-state index contributed by atoms with van der Waals surface area (Å²) in [5.41, 5.74) is 1.66. The molecular formula is C19H21N3O3. The molecule has 0 radical (unpaired) electrons. The van der Waals surface area contributed by atoms with Crippen LogP contribution in [0.3, 0.4) is 0 Å². The Morgan fingerprint density at radius 2 is 1.64 bits per heavy atom. The van der Waals surface area contributed by atoms with Crippen molar-refractivity contribution in [3.05, 3.63) is 75.8 Å². The van der Waals surface area contributed by atoms with Gasteiger partial charge in [0, 0.05) is 50.4 Å². The molecule has 130 valence electrons. The molecule has 0 aromatic heterocycles. The van der Waals surface area contributed by atoms with Crippen molar-refractivity contribution in [2.45, 2.75) is 6.54 Å². The average Bonchev–Trinajstić information content (AvgIpc) is 2.64. The first-order valence-corrected chi connectivity index (χ1v) is 8.38. The van der Waals surface area contributed by atoms with Crippen molar-refractivity contribution in [1.29, 1.82) is 0 Å². The Morgan fingerprint density at radius 3 is 2.32 bits per heavy atom. The summed E-state index contributed by atoms with van der Waals surface area (Å²) in [5, 5.41) is 10.8. The summed E-state index contributed by atoms with van der Waals surface area (Å²) in [4.78, 5) is 27.2. The van der Waals surface area contributed by atoms with Gasteiger partial charge in [0.25, 0.3) is 5.69 Å². The van der Waals surface area contributed by atoms with Crippen molar-refractivity contribution in [2.24, 2.45) is 0 Å². The van der Waals surface area contributed by atoms with Gasteiger partial charge in [0.05, 0.1) is 11.5 Å². The lowest BCUT2D eigenvalue weighted by Crippen LogP contribution is -2.47. The van der Waals surface area contributed by atoms with E-state index in [1.54, 1.807) is 12.1 Å². The van der Waals surface area contributed by atoms with E-state index in [2.05, 4.69) is 21.9 Å². The maximum atomic E-state index is 12.4. The molecule has 3 rings (SSSR count). The van der Waals surface area contributed by atoms with Gasteiger partial charge in [-0.25, -0.2) is 0 Å². The van der Waals surface area contributed by atoms with E-state index in [4.69, 9.17) is 0 Å². The number of nitrogens with zero attached hydrogens (tertiary/aromatic N) is 3. The standard InChI is InChI=1S/C19H21N3O3/c23-19(17-7-4-8-18(13-17)22(24)25)15-21-11-9-20(10-12-21)14-16-5-2-1-3-6-16/h1-8,13H,9-12,14-15H2. The zero-order valence-corrected chi connectivity index (χ0v) is 14.0. The van der Waals surface area contributed by atoms with Crippen molar-refractivity contribution in [2.75, 3.05) is 32.7 Å². The lowest BCUT2D eigenvalue weighted by Gasteiger charge is -2.34. The highest BCUT2D eigenvalue weighted by molar-refractivity contribution is 5.98. The first-order valence-electron chi connectivity index (χ1n) is 8.38. The van der Waals surface area contributed by atoms with Crippen LogP contribution in [0.2, 0.25) is 0 Å². The maximum Gasteiger partial charge on any atom is 0.270 e. The van der Waals surface area contributed by atoms with Crippen molar-refractivity contribution >= 4 is 11.5 Å². The molecule has 1 aliphatic heterocycles. The Balaban J connectivity index is 1.51. The predicted octanol–water partition coefficient (Wildman–Crippen LogP) is 2.60. The SMILES string of the molecule is O=C(CN1CCN(Cc2ccccc2)CC1)c1cccc([N+](=O)[O-])c1. The molecule has 6 nitrogen and oxygen atoms in total. The summed E-state index contributed by atoms with van der Waals surface area (Å²) in [6.07, 6.45) is 0. The highest BCUT2D eigenvalue weighted by Crippen LogP contribution is 2.15. The number of non-ortho nitro benzene ring substituents is 1. The molecule has 25 heavy (non-hydrogen) atoms. The minimum atomic E-state index is -0.473. The van der Waals surface area contributed by atoms with Crippen molar-refractivity contribution in [1.82, 2.24) is 9.80 Å². The number of carbonyl (C=O) groups excluding carboxylic acids is 1. The number of rotatable bonds is 6. The minimum absolute atomic E-state index is 0.0430. The smallest absolute Gasteiger partial charge is 0.270 e. The Hall–Kier alpha value is -2.57. The predicted molar refractivity (Wildman–Crippen MR) is 95.6 cm³/mol. The van der Waals surface area contributed by atoms with E-state index >= 15 is 0 Å². The number of benzene rings is 2. The minimum Gasteiger partial charge on any atom is -0.297 e. The van der Waals surface area contributed by atoms with Crippen LogP contribution in [0.4, 0.5) is 5.69 Å². The van der Waals surface area contributed by atoms with Crippen LogP contribution in [0, 0.1) is 10.1 Å². The van der Waals surface area contributed by atoms with Gasteiger partial charge in [0.2, 0.25) is 0 Å². The molecule has 6 heteroatoms. The number of hydrogen-bond donors (Lipinski definition) is 0. The first-order chi connectivity index (χ1) is 12.1. The van der Waals surface area contributed by atoms with Crippen LogP contribution in [-0.2, 0) is 6.54 Å². The Bertz CT molecular complexity index is 741. The molecule has 0 bridgehead atoms.